The standard InChI is InChI=1S/C16H16Cl2O2/c1-10-6-7-12(8-15(10)18)16(19)11(2)20-14-5-3-4-13(17)9-14/h3-9,11,16,19H,1-2H3. The first-order chi connectivity index (χ1) is 9.47. The van der Waals surface area contributed by atoms with Crippen LogP contribution in [0.3, 0.4) is 0 Å². The van der Waals surface area contributed by atoms with Crippen LogP contribution in [0.4, 0.5) is 0 Å². The second-order valence-corrected chi connectivity index (χ2v) is 5.58. The molecule has 0 spiro atoms. The normalized spacial score (nSPS) is 13.8. The summed E-state index contributed by atoms with van der Waals surface area (Å²) in [7, 11) is 0. The van der Waals surface area contributed by atoms with E-state index in [0.717, 1.165) is 11.1 Å². The Bertz CT molecular complexity index is 599. The van der Waals surface area contributed by atoms with Crippen molar-refractivity contribution in [2.75, 3.05) is 0 Å². The van der Waals surface area contributed by atoms with Crippen LogP contribution in [0, 0.1) is 6.92 Å². The molecule has 0 aromatic heterocycles. The quantitative estimate of drug-likeness (QED) is 0.878. The summed E-state index contributed by atoms with van der Waals surface area (Å²) in [5.74, 6) is 0.627. The Morgan fingerprint density at radius 2 is 1.85 bits per heavy atom. The molecule has 0 fully saturated rings. The van der Waals surface area contributed by atoms with E-state index in [-0.39, 0.29) is 0 Å². The molecule has 0 amide bonds. The summed E-state index contributed by atoms with van der Waals surface area (Å²) in [6, 6.07) is 12.6. The Kier molecular flexibility index (Phi) is 4.92. The van der Waals surface area contributed by atoms with E-state index in [1.54, 1.807) is 37.3 Å². The lowest BCUT2D eigenvalue weighted by Gasteiger charge is -2.21. The van der Waals surface area contributed by atoms with Gasteiger partial charge in [-0.05, 0) is 49.2 Å². The minimum absolute atomic E-state index is 0.410. The predicted octanol–water partition coefficient (Wildman–Crippen LogP) is 4.80. The summed E-state index contributed by atoms with van der Waals surface area (Å²) in [5, 5.41) is 11.6. The third-order valence-electron chi connectivity index (χ3n) is 3.10. The van der Waals surface area contributed by atoms with Gasteiger partial charge in [-0.25, -0.2) is 0 Å². The molecule has 0 aliphatic rings. The van der Waals surface area contributed by atoms with E-state index in [2.05, 4.69) is 0 Å². The number of benzene rings is 2. The summed E-state index contributed by atoms with van der Waals surface area (Å²) in [6.45, 7) is 3.73. The maximum atomic E-state index is 10.3. The minimum atomic E-state index is -0.757. The lowest BCUT2D eigenvalue weighted by molar-refractivity contribution is 0.0468. The largest absolute Gasteiger partial charge is 0.488 e. The van der Waals surface area contributed by atoms with Crippen LogP contribution in [0.5, 0.6) is 5.75 Å². The van der Waals surface area contributed by atoms with Gasteiger partial charge in [-0.2, -0.15) is 0 Å². The summed E-state index contributed by atoms with van der Waals surface area (Å²) >= 11 is 12.0. The lowest BCUT2D eigenvalue weighted by atomic mass is 10.0. The third-order valence-corrected chi connectivity index (χ3v) is 3.74. The third kappa shape index (κ3) is 3.66. The van der Waals surface area contributed by atoms with E-state index < -0.39 is 12.2 Å². The molecule has 2 atom stereocenters. The van der Waals surface area contributed by atoms with Gasteiger partial charge in [-0.3, -0.25) is 0 Å². The molecule has 0 aliphatic carbocycles. The van der Waals surface area contributed by atoms with Crippen LogP contribution in [0.25, 0.3) is 0 Å². The lowest BCUT2D eigenvalue weighted by Crippen LogP contribution is -2.21. The smallest absolute Gasteiger partial charge is 0.126 e. The summed E-state index contributed by atoms with van der Waals surface area (Å²) in [4.78, 5) is 0. The van der Waals surface area contributed by atoms with Crippen LogP contribution < -0.4 is 4.74 Å². The second-order valence-electron chi connectivity index (χ2n) is 4.73. The van der Waals surface area contributed by atoms with Crippen LogP contribution in [-0.4, -0.2) is 11.2 Å². The van der Waals surface area contributed by atoms with E-state index in [1.807, 2.05) is 19.1 Å². The van der Waals surface area contributed by atoms with Gasteiger partial charge < -0.3 is 9.84 Å². The molecule has 0 saturated carbocycles. The van der Waals surface area contributed by atoms with Crippen LogP contribution in [0.15, 0.2) is 42.5 Å². The van der Waals surface area contributed by atoms with Crippen LogP contribution in [0.2, 0.25) is 10.0 Å². The van der Waals surface area contributed by atoms with Gasteiger partial charge in [-0.15, -0.1) is 0 Å². The summed E-state index contributed by atoms with van der Waals surface area (Å²) in [5.41, 5.74) is 1.71. The van der Waals surface area contributed by atoms with E-state index >= 15 is 0 Å². The first kappa shape index (κ1) is 15.2. The zero-order valence-corrected chi connectivity index (χ0v) is 12.8. The highest BCUT2D eigenvalue weighted by atomic mass is 35.5. The van der Waals surface area contributed by atoms with E-state index in [9.17, 15) is 5.11 Å². The van der Waals surface area contributed by atoms with Gasteiger partial charge in [-0.1, -0.05) is 41.4 Å². The fourth-order valence-corrected chi connectivity index (χ4v) is 2.25. The summed E-state index contributed by atoms with van der Waals surface area (Å²) < 4.78 is 5.70. The molecule has 0 heterocycles. The first-order valence-electron chi connectivity index (χ1n) is 6.33. The Hall–Kier alpha value is -1.22. The van der Waals surface area contributed by atoms with Gasteiger partial charge in [0.2, 0.25) is 0 Å². The highest BCUT2D eigenvalue weighted by Crippen LogP contribution is 2.26. The highest BCUT2D eigenvalue weighted by molar-refractivity contribution is 6.31. The van der Waals surface area contributed by atoms with Gasteiger partial charge in [0.25, 0.3) is 0 Å². The second kappa shape index (κ2) is 6.49. The molecule has 2 rings (SSSR count). The van der Waals surface area contributed by atoms with Crippen molar-refractivity contribution < 1.29 is 9.84 Å². The van der Waals surface area contributed by atoms with Crippen molar-refractivity contribution in [3.8, 4) is 5.75 Å². The number of aliphatic hydroxyl groups is 1. The molecule has 0 aliphatic heterocycles. The van der Waals surface area contributed by atoms with Gasteiger partial charge in [0.15, 0.2) is 0 Å². The van der Waals surface area contributed by atoms with Crippen molar-refractivity contribution in [2.45, 2.75) is 26.1 Å². The number of ether oxygens (including phenoxy) is 1. The Morgan fingerprint density at radius 1 is 1.10 bits per heavy atom. The van der Waals surface area contributed by atoms with Crippen molar-refractivity contribution >= 4 is 23.2 Å². The number of hydrogen-bond donors (Lipinski definition) is 1. The molecule has 0 bridgehead atoms. The predicted molar refractivity (Wildman–Crippen MR) is 82.7 cm³/mol. The molecule has 4 heteroatoms. The van der Waals surface area contributed by atoms with E-state index in [4.69, 9.17) is 27.9 Å². The molecule has 2 aromatic carbocycles. The van der Waals surface area contributed by atoms with Crippen molar-refractivity contribution in [3.05, 3.63) is 63.6 Å². The average molecular weight is 311 g/mol. The van der Waals surface area contributed by atoms with Gasteiger partial charge in [0.05, 0.1) is 0 Å². The molecular formula is C16H16Cl2O2. The zero-order chi connectivity index (χ0) is 14.7. The van der Waals surface area contributed by atoms with Gasteiger partial charge >= 0.3 is 0 Å². The molecule has 0 saturated heterocycles. The highest BCUT2D eigenvalue weighted by Gasteiger charge is 2.18. The molecule has 1 N–H and O–H groups in total. The summed E-state index contributed by atoms with van der Waals surface area (Å²) in [6.07, 6.45) is -1.17. The number of halogens is 2. The monoisotopic (exact) mass is 310 g/mol. The fraction of sp³-hybridized carbons (Fsp3) is 0.250. The van der Waals surface area contributed by atoms with Crippen LogP contribution >= 0.6 is 23.2 Å². The zero-order valence-electron chi connectivity index (χ0n) is 11.3. The Morgan fingerprint density at radius 3 is 2.50 bits per heavy atom. The Balaban J connectivity index is 2.11. The van der Waals surface area contributed by atoms with Gasteiger partial charge in [0.1, 0.15) is 18.0 Å². The molecule has 2 aromatic rings. The van der Waals surface area contributed by atoms with E-state index in [1.165, 1.54) is 0 Å². The van der Waals surface area contributed by atoms with Crippen molar-refractivity contribution in [1.82, 2.24) is 0 Å². The fourth-order valence-electron chi connectivity index (χ4n) is 1.88. The SMILES string of the molecule is Cc1ccc(C(O)C(C)Oc2cccc(Cl)c2)cc1Cl. The number of aryl methyl sites for hydroxylation is 1. The molecular weight excluding hydrogens is 295 g/mol. The molecule has 2 nitrogen and oxygen atoms in total. The maximum Gasteiger partial charge on any atom is 0.126 e. The molecule has 0 radical (unpaired) electrons. The number of aliphatic hydroxyl groups excluding tert-OH is 1. The van der Waals surface area contributed by atoms with E-state index in [0.29, 0.717) is 15.8 Å². The molecule has 20 heavy (non-hydrogen) atoms. The number of hydrogen-bond acceptors (Lipinski definition) is 2. The molecule has 2 unspecified atom stereocenters. The van der Waals surface area contributed by atoms with Crippen molar-refractivity contribution in [2.24, 2.45) is 0 Å². The minimum Gasteiger partial charge on any atom is -0.488 e. The molecule has 106 valence electrons. The van der Waals surface area contributed by atoms with Gasteiger partial charge in [0, 0.05) is 10.0 Å². The first-order valence-corrected chi connectivity index (χ1v) is 7.09. The maximum absolute atomic E-state index is 10.3. The van der Waals surface area contributed by atoms with Crippen LogP contribution in [0.1, 0.15) is 24.2 Å². The van der Waals surface area contributed by atoms with Crippen molar-refractivity contribution in [3.63, 3.8) is 0 Å². The van der Waals surface area contributed by atoms with Crippen molar-refractivity contribution in [1.29, 1.82) is 0 Å². The Labute approximate surface area is 128 Å². The topological polar surface area (TPSA) is 29.5 Å². The number of rotatable bonds is 4. The average Bonchev–Trinajstić information content (AvgIpc) is 2.41. The van der Waals surface area contributed by atoms with Crippen LogP contribution in [-0.2, 0) is 0 Å².